The number of hydrogen-bond acceptors (Lipinski definition) is 7. The molecule has 8 nitrogen and oxygen atoms in total. The molecule has 1 saturated heterocycles. The molecule has 8 heteroatoms. The minimum absolute atomic E-state index is 0.331. The summed E-state index contributed by atoms with van der Waals surface area (Å²) in [5.41, 5.74) is 0.945. The number of aryl methyl sites for hydroxylation is 1. The first-order valence-corrected chi connectivity index (χ1v) is 8.35. The Hall–Kier alpha value is -2.87. The molecule has 25 heavy (non-hydrogen) atoms. The minimum atomic E-state index is 0.331. The SMILES string of the molecule is Cc1cc(Nc2cnccn2)nc([C@@H]2CCN(Cc3ncc[nH]3)C2)n1. The topological polar surface area (TPSA) is 95.5 Å². The fourth-order valence-corrected chi connectivity index (χ4v) is 3.12. The van der Waals surface area contributed by atoms with Crippen LogP contribution in [0.15, 0.2) is 37.1 Å². The van der Waals surface area contributed by atoms with E-state index in [1.807, 2.05) is 19.2 Å². The van der Waals surface area contributed by atoms with Gasteiger partial charge >= 0.3 is 0 Å². The highest BCUT2D eigenvalue weighted by Crippen LogP contribution is 2.27. The van der Waals surface area contributed by atoms with E-state index in [1.54, 1.807) is 24.8 Å². The Labute approximate surface area is 145 Å². The maximum absolute atomic E-state index is 4.70. The molecule has 3 aromatic rings. The molecule has 0 aliphatic carbocycles. The molecule has 3 aromatic heterocycles. The fraction of sp³-hybridized carbons (Fsp3) is 0.353. The third-order valence-corrected chi connectivity index (χ3v) is 4.26. The quantitative estimate of drug-likeness (QED) is 0.736. The number of nitrogens with one attached hydrogen (secondary N) is 2. The second-order valence-corrected chi connectivity index (χ2v) is 6.23. The summed E-state index contributed by atoms with van der Waals surface area (Å²) in [5.74, 6) is 3.64. The van der Waals surface area contributed by atoms with Gasteiger partial charge in [0.25, 0.3) is 0 Å². The van der Waals surface area contributed by atoms with E-state index >= 15 is 0 Å². The third kappa shape index (κ3) is 3.80. The number of likely N-dealkylation sites (tertiary alicyclic amines) is 1. The predicted molar refractivity (Wildman–Crippen MR) is 93.3 cm³/mol. The van der Waals surface area contributed by atoms with Crippen LogP contribution in [0.2, 0.25) is 0 Å². The van der Waals surface area contributed by atoms with Crippen molar-refractivity contribution in [1.82, 2.24) is 34.8 Å². The molecule has 4 heterocycles. The van der Waals surface area contributed by atoms with E-state index in [9.17, 15) is 0 Å². The van der Waals surface area contributed by atoms with Crippen LogP contribution in [0.3, 0.4) is 0 Å². The van der Waals surface area contributed by atoms with Crippen LogP contribution in [0.4, 0.5) is 11.6 Å². The highest BCUT2D eigenvalue weighted by molar-refractivity contribution is 5.50. The van der Waals surface area contributed by atoms with Gasteiger partial charge in [0.1, 0.15) is 23.3 Å². The summed E-state index contributed by atoms with van der Waals surface area (Å²) in [6.07, 6.45) is 9.68. The number of aromatic amines is 1. The lowest BCUT2D eigenvalue weighted by molar-refractivity contribution is 0.318. The van der Waals surface area contributed by atoms with Crippen LogP contribution in [0.1, 0.15) is 29.7 Å². The van der Waals surface area contributed by atoms with Gasteiger partial charge in [0.2, 0.25) is 0 Å². The second-order valence-electron chi connectivity index (χ2n) is 6.23. The molecule has 1 fully saturated rings. The van der Waals surface area contributed by atoms with Gasteiger partial charge in [-0.1, -0.05) is 0 Å². The van der Waals surface area contributed by atoms with Crippen LogP contribution < -0.4 is 5.32 Å². The molecule has 4 rings (SSSR count). The standard InChI is InChI=1S/C17H20N8/c1-12-8-14(23-15-9-18-3-4-19-15)24-17(22-12)13-2-7-25(10-13)11-16-20-5-6-21-16/h3-6,8-9,13H,2,7,10-11H2,1H3,(H,20,21)(H,19,22,23,24)/t13-/m1/s1. The molecule has 2 N–H and O–H groups in total. The normalized spacial score (nSPS) is 17.7. The van der Waals surface area contributed by atoms with Crippen LogP contribution in [0, 0.1) is 6.92 Å². The van der Waals surface area contributed by atoms with E-state index in [-0.39, 0.29) is 0 Å². The van der Waals surface area contributed by atoms with Crippen molar-refractivity contribution in [2.24, 2.45) is 0 Å². The van der Waals surface area contributed by atoms with Crippen LogP contribution in [-0.2, 0) is 6.54 Å². The van der Waals surface area contributed by atoms with Crippen molar-refractivity contribution in [2.75, 3.05) is 18.4 Å². The van der Waals surface area contributed by atoms with Crippen LogP contribution in [0.5, 0.6) is 0 Å². The van der Waals surface area contributed by atoms with Gasteiger partial charge in [0.15, 0.2) is 0 Å². The Kier molecular flexibility index (Phi) is 4.34. The van der Waals surface area contributed by atoms with Crippen molar-refractivity contribution in [1.29, 1.82) is 0 Å². The number of H-pyrrole nitrogens is 1. The summed E-state index contributed by atoms with van der Waals surface area (Å²) in [5, 5.41) is 3.20. The predicted octanol–water partition coefficient (Wildman–Crippen LogP) is 2.03. The van der Waals surface area contributed by atoms with Gasteiger partial charge in [-0.05, 0) is 19.9 Å². The average molecular weight is 336 g/mol. The first-order valence-electron chi connectivity index (χ1n) is 8.35. The number of hydrogen-bond donors (Lipinski definition) is 2. The van der Waals surface area contributed by atoms with E-state index in [0.717, 1.165) is 49.2 Å². The molecule has 1 atom stereocenters. The number of rotatable bonds is 5. The molecular formula is C17H20N8. The summed E-state index contributed by atoms with van der Waals surface area (Å²) in [6, 6.07) is 1.92. The molecule has 128 valence electrons. The monoisotopic (exact) mass is 336 g/mol. The minimum Gasteiger partial charge on any atom is -0.348 e. The van der Waals surface area contributed by atoms with Crippen molar-refractivity contribution in [3.05, 3.63) is 54.4 Å². The summed E-state index contributed by atoms with van der Waals surface area (Å²) in [4.78, 5) is 27.5. The lowest BCUT2D eigenvalue weighted by Gasteiger charge is -2.15. The Balaban J connectivity index is 1.47. The van der Waals surface area contributed by atoms with Crippen LogP contribution in [-0.4, -0.2) is 47.9 Å². The lowest BCUT2D eigenvalue weighted by Crippen LogP contribution is -2.21. The van der Waals surface area contributed by atoms with Crippen molar-refractivity contribution in [3.8, 4) is 0 Å². The van der Waals surface area contributed by atoms with Gasteiger partial charge in [-0.25, -0.2) is 19.9 Å². The molecule has 1 aliphatic rings. The Bertz CT molecular complexity index is 818. The van der Waals surface area contributed by atoms with Gasteiger partial charge in [-0.2, -0.15) is 0 Å². The zero-order valence-corrected chi connectivity index (χ0v) is 14.1. The first kappa shape index (κ1) is 15.6. The molecule has 0 amide bonds. The zero-order valence-electron chi connectivity index (χ0n) is 14.1. The molecule has 0 bridgehead atoms. The smallest absolute Gasteiger partial charge is 0.150 e. The van der Waals surface area contributed by atoms with Crippen molar-refractivity contribution >= 4 is 11.6 Å². The zero-order chi connectivity index (χ0) is 17.1. The maximum atomic E-state index is 4.70. The molecule has 0 radical (unpaired) electrons. The lowest BCUT2D eigenvalue weighted by atomic mass is 10.1. The highest BCUT2D eigenvalue weighted by atomic mass is 15.2. The van der Waals surface area contributed by atoms with E-state index in [1.165, 1.54) is 0 Å². The van der Waals surface area contributed by atoms with Crippen molar-refractivity contribution < 1.29 is 0 Å². The molecule has 0 saturated carbocycles. The van der Waals surface area contributed by atoms with Gasteiger partial charge in [0.05, 0.1) is 12.7 Å². The molecular weight excluding hydrogens is 316 g/mol. The van der Waals surface area contributed by atoms with Crippen molar-refractivity contribution in [3.63, 3.8) is 0 Å². The first-order chi connectivity index (χ1) is 12.3. The largest absolute Gasteiger partial charge is 0.348 e. The van der Waals surface area contributed by atoms with Crippen molar-refractivity contribution in [2.45, 2.75) is 25.8 Å². The van der Waals surface area contributed by atoms with Gasteiger partial charge < -0.3 is 10.3 Å². The molecule has 1 aliphatic heterocycles. The molecule has 0 unspecified atom stereocenters. The maximum Gasteiger partial charge on any atom is 0.150 e. The van der Waals surface area contributed by atoms with E-state index < -0.39 is 0 Å². The summed E-state index contributed by atoms with van der Waals surface area (Å²) < 4.78 is 0. The van der Waals surface area contributed by atoms with Gasteiger partial charge in [0, 0.05) is 49.0 Å². The number of imidazole rings is 1. The second kappa shape index (κ2) is 6.94. The Morgan fingerprint density at radius 2 is 2.16 bits per heavy atom. The molecule has 0 spiro atoms. The summed E-state index contributed by atoms with van der Waals surface area (Å²) in [7, 11) is 0. The Morgan fingerprint density at radius 1 is 1.20 bits per heavy atom. The number of anilines is 2. The highest BCUT2D eigenvalue weighted by Gasteiger charge is 2.27. The van der Waals surface area contributed by atoms with E-state index in [0.29, 0.717) is 11.7 Å². The third-order valence-electron chi connectivity index (χ3n) is 4.26. The van der Waals surface area contributed by atoms with E-state index in [2.05, 4.69) is 35.1 Å². The van der Waals surface area contributed by atoms with Crippen LogP contribution in [0.25, 0.3) is 0 Å². The van der Waals surface area contributed by atoms with E-state index in [4.69, 9.17) is 4.98 Å². The summed E-state index contributed by atoms with van der Waals surface area (Å²) >= 11 is 0. The molecule has 0 aromatic carbocycles. The number of aromatic nitrogens is 6. The Morgan fingerprint density at radius 3 is 2.96 bits per heavy atom. The summed E-state index contributed by atoms with van der Waals surface area (Å²) in [6.45, 7) is 4.78. The fourth-order valence-electron chi connectivity index (χ4n) is 3.12. The van der Waals surface area contributed by atoms with Gasteiger partial charge in [-0.15, -0.1) is 0 Å². The van der Waals surface area contributed by atoms with Gasteiger partial charge in [-0.3, -0.25) is 9.88 Å². The van der Waals surface area contributed by atoms with Crippen LogP contribution >= 0.6 is 0 Å². The number of nitrogens with zero attached hydrogens (tertiary/aromatic N) is 6. The average Bonchev–Trinajstić information content (AvgIpc) is 3.28.